The summed E-state index contributed by atoms with van der Waals surface area (Å²) in [5.74, 6) is -0.287. The van der Waals surface area contributed by atoms with Gasteiger partial charge >= 0.3 is 5.69 Å². The zero-order valence-electron chi connectivity index (χ0n) is 17.2. The molecule has 0 bridgehead atoms. The standard InChI is InChI=1S/C21H22FN5O3S/c1-13-9-25(5-6-30-13)11-15-8-16-19-23-12-24-27(19)21(28)26(20(16)31-15)10-14-3-4-18(29-2)17(22)7-14/h3-4,7-8,12-13H,5-6,9-11H2,1-2H3/t13-/m1/s1. The van der Waals surface area contributed by atoms with Crippen molar-refractivity contribution in [2.24, 2.45) is 0 Å². The number of methoxy groups -OCH3 is 1. The summed E-state index contributed by atoms with van der Waals surface area (Å²) in [6.45, 7) is 5.53. The number of hydrogen-bond donors (Lipinski definition) is 0. The van der Waals surface area contributed by atoms with E-state index in [-0.39, 0.29) is 24.1 Å². The summed E-state index contributed by atoms with van der Waals surface area (Å²) < 4.78 is 27.8. The van der Waals surface area contributed by atoms with Gasteiger partial charge in [0.25, 0.3) is 0 Å². The van der Waals surface area contributed by atoms with Gasteiger partial charge in [-0.3, -0.25) is 9.47 Å². The first kappa shape index (κ1) is 20.1. The minimum atomic E-state index is -0.459. The first-order valence-corrected chi connectivity index (χ1v) is 10.9. The fourth-order valence-electron chi connectivity index (χ4n) is 4.02. The van der Waals surface area contributed by atoms with Crippen LogP contribution in [0.15, 0.2) is 35.4 Å². The first-order chi connectivity index (χ1) is 15.0. The molecule has 1 aliphatic heterocycles. The van der Waals surface area contributed by atoms with Crippen molar-refractivity contribution in [2.75, 3.05) is 26.8 Å². The Balaban J connectivity index is 1.57. The zero-order valence-corrected chi connectivity index (χ0v) is 18.1. The van der Waals surface area contributed by atoms with Crippen molar-refractivity contribution < 1.29 is 13.9 Å². The maximum atomic E-state index is 14.2. The molecular formula is C21H22FN5O3S. The molecule has 10 heteroatoms. The van der Waals surface area contributed by atoms with Crippen LogP contribution in [0.3, 0.4) is 0 Å². The summed E-state index contributed by atoms with van der Waals surface area (Å²) >= 11 is 1.56. The fraction of sp³-hybridized carbons (Fsp3) is 0.381. The van der Waals surface area contributed by atoms with Crippen molar-refractivity contribution in [3.63, 3.8) is 0 Å². The minimum Gasteiger partial charge on any atom is -0.494 e. The molecule has 8 nitrogen and oxygen atoms in total. The highest BCUT2D eigenvalue weighted by Crippen LogP contribution is 2.29. The van der Waals surface area contributed by atoms with E-state index in [0.29, 0.717) is 17.8 Å². The second-order valence-electron chi connectivity index (χ2n) is 7.68. The van der Waals surface area contributed by atoms with Gasteiger partial charge in [0.2, 0.25) is 0 Å². The van der Waals surface area contributed by atoms with Crippen LogP contribution in [0.2, 0.25) is 0 Å². The van der Waals surface area contributed by atoms with Gasteiger partial charge in [0, 0.05) is 24.5 Å². The third-order valence-corrected chi connectivity index (χ3v) is 6.61. The van der Waals surface area contributed by atoms with Crippen LogP contribution in [-0.2, 0) is 17.8 Å². The third-order valence-electron chi connectivity index (χ3n) is 5.47. The molecule has 0 spiro atoms. The molecule has 0 N–H and O–H groups in total. The number of nitrogens with zero attached hydrogens (tertiary/aromatic N) is 5. The van der Waals surface area contributed by atoms with Gasteiger partial charge in [-0.1, -0.05) is 6.07 Å². The van der Waals surface area contributed by atoms with E-state index in [1.165, 1.54) is 24.0 Å². The van der Waals surface area contributed by atoms with Crippen molar-refractivity contribution >= 4 is 27.2 Å². The lowest BCUT2D eigenvalue weighted by atomic mass is 10.2. The number of fused-ring (bicyclic) bond motifs is 3. The van der Waals surface area contributed by atoms with Gasteiger partial charge in [-0.05, 0) is 30.7 Å². The van der Waals surface area contributed by atoms with Gasteiger partial charge in [0.15, 0.2) is 17.2 Å². The number of morpholine rings is 1. The molecule has 0 saturated carbocycles. The molecule has 0 radical (unpaired) electrons. The second kappa shape index (κ2) is 8.03. The Hall–Kier alpha value is -2.82. The lowest BCUT2D eigenvalue weighted by molar-refractivity contribution is -0.0208. The quantitative estimate of drug-likeness (QED) is 0.472. The van der Waals surface area contributed by atoms with Crippen molar-refractivity contribution in [3.05, 3.63) is 57.3 Å². The van der Waals surface area contributed by atoms with Crippen LogP contribution in [0.25, 0.3) is 15.9 Å². The fourth-order valence-corrected chi connectivity index (χ4v) is 5.21. The topological polar surface area (TPSA) is 73.9 Å². The average Bonchev–Trinajstić information content (AvgIpc) is 3.38. The van der Waals surface area contributed by atoms with E-state index in [0.717, 1.165) is 34.7 Å². The lowest BCUT2D eigenvalue weighted by Crippen LogP contribution is -2.40. The van der Waals surface area contributed by atoms with E-state index in [1.54, 1.807) is 28.0 Å². The summed E-state index contributed by atoms with van der Waals surface area (Å²) in [7, 11) is 1.42. The van der Waals surface area contributed by atoms with E-state index in [1.807, 2.05) is 0 Å². The molecule has 1 atom stereocenters. The molecule has 31 heavy (non-hydrogen) atoms. The number of halogens is 1. The molecule has 4 aromatic rings. The Labute approximate surface area is 181 Å². The predicted octanol–water partition coefficient (Wildman–Crippen LogP) is 2.52. The maximum Gasteiger partial charge on any atom is 0.352 e. The van der Waals surface area contributed by atoms with Crippen LogP contribution in [-0.4, -0.2) is 57.0 Å². The molecule has 0 aliphatic carbocycles. The highest BCUT2D eigenvalue weighted by Gasteiger charge is 2.20. The Morgan fingerprint density at radius 1 is 1.32 bits per heavy atom. The Morgan fingerprint density at radius 2 is 2.19 bits per heavy atom. The number of rotatable bonds is 5. The van der Waals surface area contributed by atoms with E-state index in [9.17, 15) is 9.18 Å². The summed E-state index contributed by atoms with van der Waals surface area (Å²) in [5.41, 5.74) is 0.901. The van der Waals surface area contributed by atoms with E-state index < -0.39 is 5.82 Å². The molecule has 3 aromatic heterocycles. The number of hydrogen-bond acceptors (Lipinski definition) is 7. The molecule has 162 valence electrons. The number of aromatic nitrogens is 4. The van der Waals surface area contributed by atoms with Crippen LogP contribution in [0.5, 0.6) is 5.75 Å². The third kappa shape index (κ3) is 3.71. The van der Waals surface area contributed by atoms with Gasteiger partial charge in [0.05, 0.1) is 31.8 Å². The van der Waals surface area contributed by atoms with Crippen LogP contribution < -0.4 is 10.4 Å². The Kier molecular flexibility index (Phi) is 5.20. The highest BCUT2D eigenvalue weighted by molar-refractivity contribution is 7.18. The van der Waals surface area contributed by atoms with Crippen molar-refractivity contribution in [1.29, 1.82) is 0 Å². The lowest BCUT2D eigenvalue weighted by Gasteiger charge is -2.30. The van der Waals surface area contributed by atoms with Crippen LogP contribution in [0, 0.1) is 5.82 Å². The monoisotopic (exact) mass is 443 g/mol. The molecule has 1 saturated heterocycles. The van der Waals surface area contributed by atoms with E-state index in [4.69, 9.17) is 9.47 Å². The van der Waals surface area contributed by atoms with Crippen LogP contribution in [0.4, 0.5) is 4.39 Å². The SMILES string of the molecule is COc1ccc(Cn2c(=O)n3ncnc3c3cc(CN4CCO[C@H](C)C4)sc32)cc1F. The number of thiophene rings is 1. The molecule has 0 unspecified atom stereocenters. The van der Waals surface area contributed by atoms with Crippen LogP contribution >= 0.6 is 11.3 Å². The van der Waals surface area contributed by atoms with Gasteiger partial charge < -0.3 is 9.47 Å². The average molecular weight is 444 g/mol. The summed E-state index contributed by atoms with van der Waals surface area (Å²) in [6, 6.07) is 6.80. The summed E-state index contributed by atoms with van der Waals surface area (Å²) in [6.07, 6.45) is 1.59. The maximum absolute atomic E-state index is 14.2. The van der Waals surface area contributed by atoms with Crippen molar-refractivity contribution in [3.8, 4) is 5.75 Å². The minimum absolute atomic E-state index is 0.172. The van der Waals surface area contributed by atoms with E-state index >= 15 is 0 Å². The summed E-state index contributed by atoms with van der Waals surface area (Å²) in [5, 5.41) is 4.97. The largest absolute Gasteiger partial charge is 0.494 e. The van der Waals surface area contributed by atoms with Gasteiger partial charge in [0.1, 0.15) is 11.2 Å². The van der Waals surface area contributed by atoms with Gasteiger partial charge in [-0.15, -0.1) is 11.3 Å². The Bertz CT molecular complexity index is 1310. The molecule has 1 aromatic carbocycles. The smallest absolute Gasteiger partial charge is 0.352 e. The van der Waals surface area contributed by atoms with Crippen LogP contribution in [0.1, 0.15) is 17.4 Å². The molecule has 1 aliphatic rings. The van der Waals surface area contributed by atoms with Crippen molar-refractivity contribution in [2.45, 2.75) is 26.1 Å². The van der Waals surface area contributed by atoms with Gasteiger partial charge in [-0.2, -0.15) is 9.61 Å². The number of benzene rings is 1. The van der Waals surface area contributed by atoms with Crippen molar-refractivity contribution in [1.82, 2.24) is 24.1 Å². The highest BCUT2D eigenvalue weighted by atomic mass is 32.1. The normalized spacial score (nSPS) is 17.6. The predicted molar refractivity (Wildman–Crippen MR) is 115 cm³/mol. The van der Waals surface area contributed by atoms with E-state index in [2.05, 4.69) is 28.0 Å². The Morgan fingerprint density at radius 3 is 2.97 bits per heavy atom. The second-order valence-corrected chi connectivity index (χ2v) is 8.80. The molecule has 4 heterocycles. The van der Waals surface area contributed by atoms with Gasteiger partial charge in [-0.25, -0.2) is 14.2 Å². The molecular weight excluding hydrogens is 421 g/mol. The molecule has 0 amide bonds. The first-order valence-electron chi connectivity index (χ1n) is 10.0. The molecule has 1 fully saturated rings. The summed E-state index contributed by atoms with van der Waals surface area (Å²) in [4.78, 5) is 21.7. The number of ether oxygens (including phenoxy) is 2. The molecule has 5 rings (SSSR count). The zero-order chi connectivity index (χ0) is 21.5.